The van der Waals surface area contributed by atoms with Crippen molar-refractivity contribution in [2.75, 3.05) is 0 Å². The van der Waals surface area contributed by atoms with Crippen LogP contribution in [0.15, 0.2) is 40.5 Å². The van der Waals surface area contributed by atoms with E-state index in [0.717, 1.165) is 3.58 Å². The number of imidazole rings is 1. The summed E-state index contributed by atoms with van der Waals surface area (Å²) in [6.07, 6.45) is 10.9. The van der Waals surface area contributed by atoms with Crippen LogP contribution in [-0.2, 0) is 6.54 Å². The van der Waals surface area contributed by atoms with Crippen molar-refractivity contribution in [3.8, 4) is 0 Å². The highest BCUT2D eigenvalue weighted by Gasteiger charge is 2.41. The van der Waals surface area contributed by atoms with E-state index in [4.69, 9.17) is 0 Å². The van der Waals surface area contributed by atoms with Crippen LogP contribution in [0.25, 0.3) is 0 Å². The van der Waals surface area contributed by atoms with Crippen LogP contribution < -0.4 is 0 Å². The van der Waals surface area contributed by atoms with E-state index in [1.54, 1.807) is 29.4 Å². The van der Waals surface area contributed by atoms with Gasteiger partial charge in [0.05, 0.1) is 12.9 Å². The van der Waals surface area contributed by atoms with Crippen molar-refractivity contribution < 1.29 is 4.92 Å². The average molecular weight is 331 g/mol. The predicted octanol–water partition coefficient (Wildman–Crippen LogP) is 2.18. The molecule has 16 heavy (non-hydrogen) atoms. The Kier molecular flexibility index (Phi) is 3.08. The van der Waals surface area contributed by atoms with Gasteiger partial charge in [-0.05, 0) is 22.6 Å². The van der Waals surface area contributed by atoms with Crippen LogP contribution in [0, 0.1) is 10.1 Å². The molecule has 1 aromatic rings. The highest BCUT2D eigenvalue weighted by molar-refractivity contribution is 14.1. The SMILES string of the molecule is O=[N+]([O-])C1(Cn2ccnc2)C=C(I)C=CC1. The van der Waals surface area contributed by atoms with Crippen molar-refractivity contribution in [1.29, 1.82) is 0 Å². The van der Waals surface area contributed by atoms with Crippen molar-refractivity contribution in [2.24, 2.45) is 0 Å². The Morgan fingerprint density at radius 3 is 3.06 bits per heavy atom. The van der Waals surface area contributed by atoms with Crippen LogP contribution in [0.4, 0.5) is 0 Å². The summed E-state index contributed by atoms with van der Waals surface area (Å²) in [5.41, 5.74) is -1.04. The smallest absolute Gasteiger partial charge is 0.262 e. The lowest BCUT2D eigenvalue weighted by molar-refractivity contribution is -0.557. The zero-order valence-electron chi connectivity index (χ0n) is 8.41. The maximum Gasteiger partial charge on any atom is 0.262 e. The molecule has 0 fully saturated rings. The lowest BCUT2D eigenvalue weighted by Gasteiger charge is -2.23. The van der Waals surface area contributed by atoms with Gasteiger partial charge in [-0.3, -0.25) is 10.1 Å². The van der Waals surface area contributed by atoms with Crippen LogP contribution in [0.1, 0.15) is 6.42 Å². The third-order valence-electron chi connectivity index (χ3n) is 2.53. The molecule has 0 spiro atoms. The Hall–Kier alpha value is -1.18. The monoisotopic (exact) mass is 331 g/mol. The fraction of sp³-hybridized carbons (Fsp3) is 0.300. The summed E-state index contributed by atoms with van der Waals surface area (Å²) < 4.78 is 2.64. The van der Waals surface area contributed by atoms with Gasteiger partial charge in [-0.15, -0.1) is 0 Å². The van der Waals surface area contributed by atoms with Gasteiger partial charge in [-0.1, -0.05) is 12.2 Å². The minimum absolute atomic E-state index is 0.213. The Bertz CT molecular complexity index is 453. The highest BCUT2D eigenvalue weighted by atomic mass is 127. The zero-order valence-corrected chi connectivity index (χ0v) is 10.6. The summed E-state index contributed by atoms with van der Waals surface area (Å²) >= 11 is 2.10. The van der Waals surface area contributed by atoms with Gasteiger partial charge < -0.3 is 4.57 Å². The second-order valence-corrected chi connectivity index (χ2v) is 4.98. The molecule has 5 nitrogen and oxygen atoms in total. The van der Waals surface area contributed by atoms with Crippen LogP contribution in [0.3, 0.4) is 0 Å². The van der Waals surface area contributed by atoms with E-state index in [-0.39, 0.29) is 4.92 Å². The van der Waals surface area contributed by atoms with Crippen molar-refractivity contribution in [3.63, 3.8) is 0 Å². The van der Waals surface area contributed by atoms with Gasteiger partial charge in [0, 0.05) is 33.4 Å². The lowest BCUT2D eigenvalue weighted by atomic mass is 9.92. The molecule has 0 aromatic carbocycles. The maximum absolute atomic E-state index is 11.2. The molecule has 1 heterocycles. The topological polar surface area (TPSA) is 61.0 Å². The third-order valence-corrected chi connectivity index (χ3v) is 3.21. The largest absolute Gasteiger partial charge is 0.330 e. The van der Waals surface area contributed by atoms with E-state index in [1.165, 1.54) is 0 Å². The van der Waals surface area contributed by atoms with E-state index >= 15 is 0 Å². The van der Waals surface area contributed by atoms with E-state index in [0.29, 0.717) is 13.0 Å². The first-order valence-corrected chi connectivity index (χ1v) is 5.85. The summed E-state index contributed by atoms with van der Waals surface area (Å²) in [6, 6.07) is 0. The molecule has 1 aliphatic rings. The number of nitrogens with zero attached hydrogens (tertiary/aromatic N) is 3. The first kappa shape index (κ1) is 11.3. The van der Waals surface area contributed by atoms with Crippen LogP contribution >= 0.6 is 22.6 Å². The molecule has 1 aliphatic carbocycles. The van der Waals surface area contributed by atoms with Gasteiger partial charge in [-0.25, -0.2) is 4.98 Å². The Balaban J connectivity index is 2.30. The normalized spacial score (nSPS) is 24.2. The molecule has 0 aliphatic heterocycles. The molecule has 1 atom stereocenters. The van der Waals surface area contributed by atoms with Gasteiger partial charge >= 0.3 is 0 Å². The molecule has 0 N–H and O–H groups in total. The lowest BCUT2D eigenvalue weighted by Crippen LogP contribution is -2.41. The van der Waals surface area contributed by atoms with Crippen LogP contribution in [0.5, 0.6) is 0 Å². The molecule has 2 rings (SSSR count). The Labute approximate surface area is 106 Å². The number of allylic oxidation sites excluding steroid dienone is 2. The van der Waals surface area contributed by atoms with Gasteiger partial charge in [-0.2, -0.15) is 0 Å². The number of halogens is 1. The van der Waals surface area contributed by atoms with Gasteiger partial charge in [0.1, 0.15) is 0 Å². The van der Waals surface area contributed by atoms with E-state index in [2.05, 4.69) is 27.6 Å². The van der Waals surface area contributed by atoms with Crippen molar-refractivity contribution in [3.05, 3.63) is 50.6 Å². The van der Waals surface area contributed by atoms with Gasteiger partial charge in [0.15, 0.2) is 0 Å². The second-order valence-electron chi connectivity index (χ2n) is 3.73. The number of rotatable bonds is 3. The third kappa shape index (κ3) is 2.16. The fourth-order valence-corrected chi connectivity index (χ4v) is 2.56. The van der Waals surface area contributed by atoms with Crippen molar-refractivity contribution in [2.45, 2.75) is 18.5 Å². The second kappa shape index (κ2) is 4.36. The quantitative estimate of drug-likeness (QED) is 0.485. The number of hydrogen-bond donors (Lipinski definition) is 0. The minimum Gasteiger partial charge on any atom is -0.330 e. The number of hydrogen-bond acceptors (Lipinski definition) is 3. The fourth-order valence-electron chi connectivity index (χ4n) is 1.73. The van der Waals surface area contributed by atoms with Gasteiger partial charge in [0.2, 0.25) is 0 Å². The first-order chi connectivity index (χ1) is 7.62. The molecule has 1 unspecified atom stereocenters. The molecular formula is C10H10IN3O2. The van der Waals surface area contributed by atoms with E-state index in [9.17, 15) is 10.1 Å². The van der Waals surface area contributed by atoms with Crippen molar-refractivity contribution >= 4 is 22.6 Å². The molecule has 0 bridgehead atoms. The summed E-state index contributed by atoms with van der Waals surface area (Å²) in [5, 5.41) is 11.2. The molecular weight excluding hydrogens is 321 g/mol. The minimum atomic E-state index is -1.04. The summed E-state index contributed by atoms with van der Waals surface area (Å²) in [5.74, 6) is 0. The van der Waals surface area contributed by atoms with E-state index < -0.39 is 5.54 Å². The number of aromatic nitrogens is 2. The molecule has 6 heteroatoms. The number of nitro groups is 1. The molecule has 0 amide bonds. The highest BCUT2D eigenvalue weighted by Crippen LogP contribution is 2.29. The predicted molar refractivity (Wildman–Crippen MR) is 67.8 cm³/mol. The molecule has 1 aromatic heterocycles. The average Bonchev–Trinajstić information content (AvgIpc) is 2.70. The summed E-state index contributed by atoms with van der Waals surface area (Å²) in [6.45, 7) is 0.316. The molecule has 0 radical (unpaired) electrons. The Morgan fingerprint density at radius 1 is 1.69 bits per heavy atom. The standard InChI is InChI=1S/C10H10IN3O2/c11-9-2-1-3-10(6-9,14(15)16)7-13-5-4-12-8-13/h1-2,4-6,8H,3,7H2. The van der Waals surface area contributed by atoms with Gasteiger partial charge in [0.25, 0.3) is 5.54 Å². The molecule has 0 saturated heterocycles. The van der Waals surface area contributed by atoms with Crippen LogP contribution in [-0.4, -0.2) is 20.0 Å². The van der Waals surface area contributed by atoms with Crippen LogP contribution in [0.2, 0.25) is 0 Å². The Morgan fingerprint density at radius 2 is 2.50 bits per heavy atom. The molecule has 0 saturated carbocycles. The van der Waals surface area contributed by atoms with E-state index in [1.807, 2.05) is 12.2 Å². The molecule has 84 valence electrons. The maximum atomic E-state index is 11.2. The van der Waals surface area contributed by atoms with Crippen molar-refractivity contribution in [1.82, 2.24) is 9.55 Å². The first-order valence-electron chi connectivity index (χ1n) is 4.77. The summed E-state index contributed by atoms with van der Waals surface area (Å²) in [4.78, 5) is 14.9. The summed E-state index contributed by atoms with van der Waals surface area (Å²) in [7, 11) is 0. The zero-order chi connectivity index (χ0) is 11.6.